The van der Waals surface area contributed by atoms with Crippen LogP contribution >= 0.6 is 0 Å². The lowest BCUT2D eigenvalue weighted by molar-refractivity contribution is 0.160. The molecule has 1 aromatic heterocycles. The van der Waals surface area contributed by atoms with Crippen molar-refractivity contribution in [2.24, 2.45) is 0 Å². The minimum absolute atomic E-state index is 0.0810. The van der Waals surface area contributed by atoms with Crippen LogP contribution in [0.15, 0.2) is 70.2 Å². The molecule has 30 heavy (non-hydrogen) atoms. The Hall–Kier alpha value is -2.68. The number of ether oxygens (including phenoxy) is 1. The smallest absolute Gasteiger partial charge is 0.244 e. The minimum atomic E-state index is -3.99. The third-order valence-electron chi connectivity index (χ3n) is 5.35. The zero-order valence-electron chi connectivity index (χ0n) is 16.5. The normalized spacial score (nSPS) is 15.5. The molecule has 6 nitrogen and oxygen atoms in total. The first kappa shape index (κ1) is 20.6. The third-order valence-corrected chi connectivity index (χ3v) is 6.80. The Labute approximate surface area is 175 Å². The number of benzene rings is 2. The molecule has 0 bridgehead atoms. The second-order valence-corrected chi connectivity index (χ2v) is 8.90. The van der Waals surface area contributed by atoms with Gasteiger partial charge in [-0.3, -0.25) is 4.90 Å². The van der Waals surface area contributed by atoms with E-state index in [0.29, 0.717) is 12.3 Å². The fourth-order valence-corrected chi connectivity index (χ4v) is 5.02. The van der Waals surface area contributed by atoms with Crippen molar-refractivity contribution in [1.29, 1.82) is 0 Å². The number of nitrogens with zero attached hydrogens (tertiary/aromatic N) is 1. The van der Waals surface area contributed by atoms with E-state index in [4.69, 9.17) is 9.15 Å². The van der Waals surface area contributed by atoms with E-state index in [-0.39, 0.29) is 23.2 Å². The van der Waals surface area contributed by atoms with Crippen molar-refractivity contribution in [3.8, 4) is 5.75 Å². The Balaban J connectivity index is 1.58. The van der Waals surface area contributed by atoms with E-state index in [1.165, 1.54) is 24.3 Å². The van der Waals surface area contributed by atoms with Gasteiger partial charge in [-0.2, -0.15) is 0 Å². The summed E-state index contributed by atoms with van der Waals surface area (Å²) in [5.74, 6) is 0.111. The summed E-state index contributed by atoms with van der Waals surface area (Å²) in [6.45, 7) is 1.54. The first-order valence-corrected chi connectivity index (χ1v) is 11.1. The molecule has 1 aliphatic rings. The molecule has 1 N–H and O–H groups in total. The highest BCUT2D eigenvalue weighted by atomic mass is 32.2. The van der Waals surface area contributed by atoms with Gasteiger partial charge in [-0.25, -0.2) is 17.5 Å². The Morgan fingerprint density at radius 3 is 2.70 bits per heavy atom. The molecule has 1 atom stereocenters. The number of hydrogen-bond donors (Lipinski definition) is 1. The predicted octanol–water partition coefficient (Wildman–Crippen LogP) is 3.51. The monoisotopic (exact) mass is 430 g/mol. The number of hydrogen-bond acceptors (Lipinski definition) is 5. The topological polar surface area (TPSA) is 71.8 Å². The lowest BCUT2D eigenvalue weighted by atomic mass is 9.98. The predicted molar refractivity (Wildman–Crippen MR) is 110 cm³/mol. The lowest BCUT2D eigenvalue weighted by Crippen LogP contribution is -2.40. The van der Waals surface area contributed by atoms with Crippen molar-refractivity contribution in [3.63, 3.8) is 0 Å². The maximum atomic E-state index is 13.7. The van der Waals surface area contributed by atoms with Crippen LogP contribution in [0.25, 0.3) is 0 Å². The molecular weight excluding hydrogens is 407 g/mol. The molecule has 4 rings (SSSR count). The van der Waals surface area contributed by atoms with E-state index in [9.17, 15) is 12.8 Å². The van der Waals surface area contributed by atoms with Crippen LogP contribution in [0.1, 0.15) is 22.9 Å². The highest BCUT2D eigenvalue weighted by Crippen LogP contribution is 2.29. The van der Waals surface area contributed by atoms with Crippen LogP contribution in [-0.2, 0) is 23.0 Å². The van der Waals surface area contributed by atoms with Crippen LogP contribution in [0.2, 0.25) is 0 Å². The highest BCUT2D eigenvalue weighted by molar-refractivity contribution is 7.89. The molecule has 0 saturated carbocycles. The molecule has 0 radical (unpaired) electrons. The van der Waals surface area contributed by atoms with E-state index in [2.05, 4.69) is 21.8 Å². The second-order valence-electron chi connectivity index (χ2n) is 7.17. The zero-order chi connectivity index (χ0) is 21.1. The maximum Gasteiger partial charge on any atom is 0.244 e. The van der Waals surface area contributed by atoms with Crippen molar-refractivity contribution in [3.05, 3.63) is 83.6 Å². The summed E-state index contributed by atoms with van der Waals surface area (Å²) < 4.78 is 52.8. The quantitative estimate of drug-likeness (QED) is 0.621. The van der Waals surface area contributed by atoms with E-state index in [0.717, 1.165) is 25.1 Å². The fraction of sp³-hybridized carbons (Fsp3) is 0.273. The summed E-state index contributed by atoms with van der Waals surface area (Å²) in [4.78, 5) is 1.96. The van der Waals surface area contributed by atoms with Crippen LogP contribution < -0.4 is 9.46 Å². The summed E-state index contributed by atoms with van der Waals surface area (Å²) in [5.41, 5.74) is 2.52. The molecule has 3 aromatic rings. The number of fused-ring (bicyclic) bond motifs is 1. The van der Waals surface area contributed by atoms with Crippen molar-refractivity contribution < 1.29 is 22.0 Å². The van der Waals surface area contributed by atoms with Crippen LogP contribution in [-0.4, -0.2) is 33.5 Å². The molecule has 0 fully saturated rings. The summed E-state index contributed by atoms with van der Waals surface area (Å²) in [5, 5.41) is 0. The molecule has 0 saturated heterocycles. The van der Waals surface area contributed by atoms with Gasteiger partial charge in [0.05, 0.1) is 19.4 Å². The third kappa shape index (κ3) is 4.26. The van der Waals surface area contributed by atoms with Gasteiger partial charge in [-0.15, -0.1) is 0 Å². The lowest BCUT2D eigenvalue weighted by Gasteiger charge is -2.34. The standard InChI is InChI=1S/C22H23FN2O4S/c1-28-21-9-8-18(23)13-22(21)30(26,27)24-14-19(20-7-4-12-29-20)25-11-10-16-5-2-3-6-17(16)15-25/h2-9,12-13,19,24H,10-11,14-15H2,1H3. The first-order valence-electron chi connectivity index (χ1n) is 9.65. The van der Waals surface area contributed by atoms with Gasteiger partial charge in [-0.1, -0.05) is 24.3 Å². The summed E-state index contributed by atoms with van der Waals surface area (Å²) in [6, 6.07) is 15.0. The van der Waals surface area contributed by atoms with Gasteiger partial charge in [0.2, 0.25) is 10.0 Å². The number of sulfonamides is 1. The number of halogens is 1. The van der Waals surface area contributed by atoms with Gasteiger partial charge in [0.15, 0.2) is 0 Å². The molecule has 8 heteroatoms. The average Bonchev–Trinajstić information content (AvgIpc) is 3.28. The van der Waals surface area contributed by atoms with E-state index >= 15 is 0 Å². The second kappa shape index (κ2) is 8.59. The van der Waals surface area contributed by atoms with Crippen molar-refractivity contribution in [2.45, 2.75) is 23.9 Å². The SMILES string of the molecule is COc1ccc(F)cc1S(=O)(=O)NCC(c1ccco1)N1CCc2ccccc2C1. The van der Waals surface area contributed by atoms with Crippen LogP contribution in [0.4, 0.5) is 4.39 Å². The van der Waals surface area contributed by atoms with Crippen molar-refractivity contribution >= 4 is 10.0 Å². The Bertz CT molecular complexity index is 1120. The Kier molecular flexibility index (Phi) is 5.90. The van der Waals surface area contributed by atoms with E-state index in [1.807, 2.05) is 18.2 Å². The van der Waals surface area contributed by atoms with Gasteiger partial charge in [0, 0.05) is 19.6 Å². The van der Waals surface area contributed by atoms with Gasteiger partial charge in [-0.05, 0) is 47.9 Å². The molecule has 0 spiro atoms. The maximum absolute atomic E-state index is 13.7. The zero-order valence-corrected chi connectivity index (χ0v) is 17.4. The fourth-order valence-electron chi connectivity index (χ4n) is 3.80. The largest absolute Gasteiger partial charge is 0.495 e. The first-order chi connectivity index (χ1) is 14.5. The molecule has 0 aliphatic carbocycles. The Morgan fingerprint density at radius 1 is 1.17 bits per heavy atom. The van der Waals surface area contributed by atoms with Crippen LogP contribution in [0, 0.1) is 5.82 Å². The molecule has 2 heterocycles. The Morgan fingerprint density at radius 2 is 1.97 bits per heavy atom. The van der Waals surface area contributed by atoms with Gasteiger partial charge in [0.1, 0.15) is 22.2 Å². The van der Waals surface area contributed by atoms with Crippen LogP contribution in [0.3, 0.4) is 0 Å². The molecule has 1 aliphatic heterocycles. The van der Waals surface area contributed by atoms with E-state index < -0.39 is 15.8 Å². The number of nitrogens with one attached hydrogen (secondary N) is 1. The van der Waals surface area contributed by atoms with Crippen molar-refractivity contribution in [2.75, 3.05) is 20.2 Å². The van der Waals surface area contributed by atoms with Crippen molar-refractivity contribution in [1.82, 2.24) is 9.62 Å². The summed E-state index contributed by atoms with van der Waals surface area (Å²) >= 11 is 0. The molecular formula is C22H23FN2O4S. The van der Waals surface area contributed by atoms with Gasteiger partial charge >= 0.3 is 0 Å². The number of furan rings is 1. The molecule has 2 aromatic carbocycles. The highest BCUT2D eigenvalue weighted by Gasteiger charge is 2.29. The van der Waals surface area contributed by atoms with Gasteiger partial charge < -0.3 is 9.15 Å². The summed E-state index contributed by atoms with van der Waals surface area (Å²) in [6.07, 6.45) is 2.45. The minimum Gasteiger partial charge on any atom is -0.495 e. The summed E-state index contributed by atoms with van der Waals surface area (Å²) in [7, 11) is -2.64. The van der Waals surface area contributed by atoms with Crippen LogP contribution in [0.5, 0.6) is 5.75 Å². The molecule has 0 amide bonds. The molecule has 1 unspecified atom stereocenters. The number of rotatable bonds is 7. The number of methoxy groups -OCH3 is 1. The van der Waals surface area contributed by atoms with Gasteiger partial charge in [0.25, 0.3) is 0 Å². The molecule has 158 valence electrons. The van der Waals surface area contributed by atoms with E-state index in [1.54, 1.807) is 12.3 Å². The average molecular weight is 431 g/mol.